The SMILES string of the molecule is CSc1sc(C(=N)N)cc1-c1nc(-c2cccc(NS(=O)(=O)c3ccc(F)cc3)c2)cs1. The van der Waals surface area contributed by atoms with E-state index in [9.17, 15) is 12.8 Å². The molecule has 0 spiro atoms. The lowest BCUT2D eigenvalue weighted by molar-refractivity contribution is 0.599. The van der Waals surface area contributed by atoms with E-state index in [1.165, 1.54) is 34.8 Å². The number of amidine groups is 1. The van der Waals surface area contributed by atoms with Crippen LogP contribution >= 0.6 is 34.4 Å². The number of nitrogens with two attached hydrogens (primary N) is 1. The van der Waals surface area contributed by atoms with Crippen molar-refractivity contribution in [2.75, 3.05) is 11.0 Å². The summed E-state index contributed by atoms with van der Waals surface area (Å²) in [6, 6.07) is 13.4. The summed E-state index contributed by atoms with van der Waals surface area (Å²) in [5.41, 5.74) is 8.39. The number of nitrogens with zero attached hydrogens (tertiary/aromatic N) is 1. The van der Waals surface area contributed by atoms with Crippen molar-refractivity contribution in [1.82, 2.24) is 4.98 Å². The van der Waals surface area contributed by atoms with E-state index < -0.39 is 15.8 Å². The van der Waals surface area contributed by atoms with Gasteiger partial charge in [-0.2, -0.15) is 0 Å². The molecule has 11 heteroatoms. The van der Waals surface area contributed by atoms with Gasteiger partial charge < -0.3 is 5.73 Å². The van der Waals surface area contributed by atoms with Crippen LogP contribution in [0.15, 0.2) is 69.1 Å². The predicted molar refractivity (Wildman–Crippen MR) is 131 cm³/mol. The largest absolute Gasteiger partial charge is 0.383 e. The molecule has 164 valence electrons. The van der Waals surface area contributed by atoms with Crippen LogP contribution in [0.25, 0.3) is 21.8 Å². The van der Waals surface area contributed by atoms with Crippen LogP contribution < -0.4 is 10.5 Å². The number of sulfonamides is 1. The fourth-order valence-corrected chi connectivity index (χ4v) is 6.67. The van der Waals surface area contributed by atoms with E-state index in [2.05, 4.69) is 4.72 Å². The summed E-state index contributed by atoms with van der Waals surface area (Å²) in [4.78, 5) is 5.39. The first kappa shape index (κ1) is 22.5. The summed E-state index contributed by atoms with van der Waals surface area (Å²) in [6.07, 6.45) is 1.96. The molecule has 0 radical (unpaired) electrons. The number of rotatable bonds is 7. The molecule has 4 N–H and O–H groups in total. The molecule has 0 fully saturated rings. The van der Waals surface area contributed by atoms with Gasteiger partial charge in [-0.05, 0) is 48.7 Å². The molecule has 0 bridgehead atoms. The summed E-state index contributed by atoms with van der Waals surface area (Å²) in [5.74, 6) is -0.481. The average molecular weight is 505 g/mol. The molecule has 4 aromatic rings. The van der Waals surface area contributed by atoms with Gasteiger partial charge in [0.1, 0.15) is 16.7 Å². The second-order valence-corrected chi connectivity index (χ2v) is 11.3. The number of hydrogen-bond donors (Lipinski definition) is 3. The van der Waals surface area contributed by atoms with E-state index in [0.29, 0.717) is 16.3 Å². The normalized spacial score (nSPS) is 11.4. The first-order valence-electron chi connectivity index (χ1n) is 9.14. The Hall–Kier alpha value is -2.73. The number of hydrogen-bond acceptors (Lipinski definition) is 7. The van der Waals surface area contributed by atoms with Crippen LogP contribution in [0.3, 0.4) is 0 Å². The quantitative estimate of drug-likeness (QED) is 0.175. The maximum atomic E-state index is 13.1. The van der Waals surface area contributed by atoms with E-state index in [1.54, 1.807) is 30.0 Å². The molecule has 0 aliphatic carbocycles. The van der Waals surface area contributed by atoms with Crippen LogP contribution in [0.1, 0.15) is 4.88 Å². The Kier molecular flexibility index (Phi) is 6.33. The van der Waals surface area contributed by atoms with Crippen molar-refractivity contribution in [3.8, 4) is 21.8 Å². The lowest BCUT2D eigenvalue weighted by Gasteiger charge is -2.09. The summed E-state index contributed by atoms with van der Waals surface area (Å²) in [6.45, 7) is 0. The Morgan fingerprint density at radius 1 is 1.19 bits per heavy atom. The molecule has 0 atom stereocenters. The highest BCUT2D eigenvalue weighted by atomic mass is 32.2. The van der Waals surface area contributed by atoms with Gasteiger partial charge in [0.05, 0.1) is 19.7 Å². The van der Waals surface area contributed by atoms with Crippen LogP contribution in [0.2, 0.25) is 0 Å². The Morgan fingerprint density at radius 3 is 2.62 bits per heavy atom. The van der Waals surface area contributed by atoms with Crippen molar-refractivity contribution in [3.05, 3.63) is 70.7 Å². The molecule has 0 saturated heterocycles. The number of thiazole rings is 1. The van der Waals surface area contributed by atoms with Gasteiger partial charge in [0, 0.05) is 22.2 Å². The number of nitrogens with one attached hydrogen (secondary N) is 2. The minimum absolute atomic E-state index is 0.0227. The molecule has 2 aromatic heterocycles. The van der Waals surface area contributed by atoms with E-state index in [4.69, 9.17) is 16.1 Å². The molecule has 2 aromatic carbocycles. The standard InChI is InChI=1S/C21H17FN4O2S4/c1-29-21-16(10-18(31-21)19(23)24)20-25-17(11-30-20)12-3-2-4-14(9-12)26-32(27,28)15-7-5-13(22)6-8-15/h2-11,26H,1H3,(H3,23,24). The van der Waals surface area contributed by atoms with E-state index in [-0.39, 0.29) is 10.7 Å². The molecule has 2 heterocycles. The molecule has 0 aliphatic heterocycles. The third kappa shape index (κ3) is 4.70. The molecule has 0 saturated carbocycles. The van der Waals surface area contributed by atoms with Gasteiger partial charge >= 0.3 is 0 Å². The Bertz CT molecular complexity index is 1400. The number of thiophene rings is 1. The van der Waals surface area contributed by atoms with Crippen LogP contribution in [-0.4, -0.2) is 25.5 Å². The van der Waals surface area contributed by atoms with Crippen molar-refractivity contribution in [1.29, 1.82) is 5.41 Å². The monoisotopic (exact) mass is 504 g/mol. The zero-order valence-electron chi connectivity index (χ0n) is 16.6. The second-order valence-electron chi connectivity index (χ2n) is 6.61. The molecule has 32 heavy (non-hydrogen) atoms. The van der Waals surface area contributed by atoms with E-state index in [0.717, 1.165) is 32.5 Å². The van der Waals surface area contributed by atoms with Crippen molar-refractivity contribution < 1.29 is 12.8 Å². The zero-order chi connectivity index (χ0) is 22.9. The first-order valence-corrected chi connectivity index (χ1v) is 13.5. The summed E-state index contributed by atoms with van der Waals surface area (Å²) in [7, 11) is -3.85. The summed E-state index contributed by atoms with van der Waals surface area (Å²) < 4.78 is 41.9. The number of thioether (sulfide) groups is 1. The molecule has 0 unspecified atom stereocenters. The van der Waals surface area contributed by atoms with Crippen molar-refractivity contribution >= 4 is 56.0 Å². The molecule has 0 aliphatic rings. The van der Waals surface area contributed by atoms with Crippen molar-refractivity contribution in [3.63, 3.8) is 0 Å². The fraction of sp³-hybridized carbons (Fsp3) is 0.0476. The number of aromatic nitrogens is 1. The predicted octanol–water partition coefficient (Wildman–Crippen LogP) is 5.48. The number of halogens is 1. The highest BCUT2D eigenvalue weighted by molar-refractivity contribution is 8.00. The Labute approximate surface area is 196 Å². The minimum atomic E-state index is -3.85. The van der Waals surface area contributed by atoms with Gasteiger partial charge in [-0.3, -0.25) is 10.1 Å². The summed E-state index contributed by atoms with van der Waals surface area (Å²) >= 11 is 4.49. The Morgan fingerprint density at radius 2 is 1.94 bits per heavy atom. The number of nitrogen functional groups attached to an aromatic ring is 1. The molecule has 4 rings (SSSR count). The first-order chi connectivity index (χ1) is 15.3. The molecular formula is C21H17FN4O2S4. The molecule has 0 amide bonds. The van der Waals surface area contributed by atoms with Gasteiger partial charge in [-0.15, -0.1) is 34.4 Å². The smallest absolute Gasteiger partial charge is 0.261 e. The maximum Gasteiger partial charge on any atom is 0.261 e. The topological polar surface area (TPSA) is 109 Å². The van der Waals surface area contributed by atoms with Crippen LogP contribution in [0.4, 0.5) is 10.1 Å². The number of benzene rings is 2. The maximum absolute atomic E-state index is 13.1. The summed E-state index contributed by atoms with van der Waals surface area (Å²) in [5, 5.41) is 10.4. The highest BCUT2D eigenvalue weighted by Crippen LogP contribution is 2.40. The second kappa shape index (κ2) is 9.02. The van der Waals surface area contributed by atoms with Gasteiger partial charge in [0.2, 0.25) is 0 Å². The molecule has 6 nitrogen and oxygen atoms in total. The van der Waals surface area contributed by atoms with Gasteiger partial charge in [0.25, 0.3) is 10.0 Å². The van der Waals surface area contributed by atoms with Crippen LogP contribution in [0, 0.1) is 11.2 Å². The average Bonchev–Trinajstić information content (AvgIpc) is 3.41. The zero-order valence-corrected chi connectivity index (χ0v) is 19.9. The van der Waals surface area contributed by atoms with Crippen LogP contribution in [-0.2, 0) is 10.0 Å². The van der Waals surface area contributed by atoms with Crippen molar-refractivity contribution in [2.24, 2.45) is 5.73 Å². The third-order valence-corrected chi connectivity index (χ3v) is 8.99. The van der Waals surface area contributed by atoms with Gasteiger partial charge in [0.15, 0.2) is 0 Å². The van der Waals surface area contributed by atoms with Gasteiger partial charge in [-0.25, -0.2) is 17.8 Å². The van der Waals surface area contributed by atoms with E-state index >= 15 is 0 Å². The number of anilines is 1. The Balaban J connectivity index is 1.62. The van der Waals surface area contributed by atoms with Crippen molar-refractivity contribution in [2.45, 2.75) is 9.10 Å². The van der Waals surface area contributed by atoms with E-state index in [1.807, 2.05) is 23.8 Å². The lowest BCUT2D eigenvalue weighted by Crippen LogP contribution is -2.12. The van der Waals surface area contributed by atoms with Crippen LogP contribution in [0.5, 0.6) is 0 Å². The third-order valence-electron chi connectivity index (χ3n) is 4.42. The highest BCUT2D eigenvalue weighted by Gasteiger charge is 2.17. The van der Waals surface area contributed by atoms with Gasteiger partial charge in [-0.1, -0.05) is 12.1 Å². The molecular weight excluding hydrogens is 488 g/mol. The lowest BCUT2D eigenvalue weighted by atomic mass is 10.1. The fourth-order valence-electron chi connectivity index (χ4n) is 2.91. The minimum Gasteiger partial charge on any atom is -0.383 e.